The van der Waals surface area contributed by atoms with E-state index in [-0.39, 0.29) is 5.91 Å². The lowest BCUT2D eigenvalue weighted by Crippen LogP contribution is -2.24. The summed E-state index contributed by atoms with van der Waals surface area (Å²) in [6.07, 6.45) is 1.01. The van der Waals surface area contributed by atoms with Gasteiger partial charge in [-0.25, -0.2) is 4.39 Å². The van der Waals surface area contributed by atoms with Crippen molar-refractivity contribution in [1.29, 1.82) is 5.26 Å². The fraction of sp³-hybridized carbons (Fsp3) is 0.273. The van der Waals surface area contributed by atoms with Gasteiger partial charge >= 0.3 is 0 Å². The minimum absolute atomic E-state index is 0.298. The molecule has 0 aliphatic rings. The second-order valence-electron chi connectivity index (χ2n) is 3.03. The highest BCUT2D eigenvalue weighted by Crippen LogP contribution is 2.02. The van der Waals surface area contributed by atoms with Gasteiger partial charge in [0.25, 0.3) is 5.91 Å². The number of carbonyl (C=O) groups excluding carboxylic acids is 1. The monoisotopic (exact) mass is 206 g/mol. The van der Waals surface area contributed by atoms with Crippen molar-refractivity contribution in [2.24, 2.45) is 0 Å². The molecule has 1 aromatic carbocycles. The van der Waals surface area contributed by atoms with Crippen LogP contribution in [0.1, 0.15) is 23.2 Å². The molecule has 1 amide bonds. The number of hydrogen-bond acceptors (Lipinski definition) is 2. The van der Waals surface area contributed by atoms with Crippen LogP contribution in [0.25, 0.3) is 0 Å². The van der Waals surface area contributed by atoms with Gasteiger partial charge in [0.2, 0.25) is 0 Å². The highest BCUT2D eigenvalue weighted by molar-refractivity contribution is 5.94. The lowest BCUT2D eigenvalue weighted by Gasteiger charge is -2.03. The largest absolute Gasteiger partial charge is 0.352 e. The van der Waals surface area contributed by atoms with Crippen LogP contribution in [0.2, 0.25) is 0 Å². The first-order valence-corrected chi connectivity index (χ1v) is 4.65. The molecule has 0 aromatic heterocycles. The Balaban J connectivity index is 2.44. The molecule has 15 heavy (non-hydrogen) atoms. The van der Waals surface area contributed by atoms with E-state index in [1.807, 2.05) is 6.07 Å². The Hall–Kier alpha value is -1.89. The third kappa shape index (κ3) is 3.77. The van der Waals surface area contributed by atoms with Crippen molar-refractivity contribution >= 4 is 5.91 Å². The average molecular weight is 206 g/mol. The molecule has 0 bridgehead atoms. The van der Waals surface area contributed by atoms with Gasteiger partial charge in [-0.2, -0.15) is 5.26 Å². The summed E-state index contributed by atoms with van der Waals surface area (Å²) in [4.78, 5) is 11.4. The van der Waals surface area contributed by atoms with E-state index in [2.05, 4.69) is 5.32 Å². The molecule has 4 heteroatoms. The predicted molar refractivity (Wildman–Crippen MR) is 53.6 cm³/mol. The molecule has 0 spiro atoms. The quantitative estimate of drug-likeness (QED) is 0.764. The van der Waals surface area contributed by atoms with E-state index in [0.29, 0.717) is 24.9 Å². The fourth-order valence-corrected chi connectivity index (χ4v) is 1.10. The molecule has 1 rings (SSSR count). The van der Waals surface area contributed by atoms with Gasteiger partial charge in [0.15, 0.2) is 0 Å². The van der Waals surface area contributed by atoms with Crippen LogP contribution in [0.5, 0.6) is 0 Å². The highest BCUT2D eigenvalue weighted by atomic mass is 19.1. The Kier molecular flexibility index (Phi) is 4.30. The van der Waals surface area contributed by atoms with Gasteiger partial charge in [-0.15, -0.1) is 0 Å². The zero-order valence-corrected chi connectivity index (χ0v) is 8.16. The van der Waals surface area contributed by atoms with E-state index in [9.17, 15) is 9.18 Å². The van der Waals surface area contributed by atoms with E-state index < -0.39 is 5.82 Å². The second-order valence-corrected chi connectivity index (χ2v) is 3.03. The maximum atomic E-state index is 12.7. The van der Waals surface area contributed by atoms with E-state index >= 15 is 0 Å². The van der Waals surface area contributed by atoms with Crippen LogP contribution in [0, 0.1) is 17.1 Å². The van der Waals surface area contributed by atoms with Gasteiger partial charge < -0.3 is 5.32 Å². The molecule has 0 aliphatic heterocycles. The lowest BCUT2D eigenvalue weighted by atomic mass is 10.2. The van der Waals surface area contributed by atoms with Crippen LogP contribution >= 0.6 is 0 Å². The molecule has 0 atom stereocenters. The predicted octanol–water partition coefficient (Wildman–Crippen LogP) is 1.86. The molecule has 1 N–H and O–H groups in total. The Morgan fingerprint density at radius 3 is 3.00 bits per heavy atom. The second kappa shape index (κ2) is 5.76. The molecule has 1 aromatic rings. The Morgan fingerprint density at radius 2 is 2.33 bits per heavy atom. The van der Waals surface area contributed by atoms with Crippen molar-refractivity contribution in [3.8, 4) is 6.07 Å². The summed E-state index contributed by atoms with van der Waals surface area (Å²) in [5, 5.41) is 10.9. The van der Waals surface area contributed by atoms with Crippen LogP contribution in [0.3, 0.4) is 0 Å². The summed E-state index contributed by atoms with van der Waals surface area (Å²) in [5.41, 5.74) is 0.298. The number of halogens is 1. The average Bonchev–Trinajstić information content (AvgIpc) is 2.24. The number of nitrogens with one attached hydrogen (secondary N) is 1. The molecule has 0 aliphatic carbocycles. The summed E-state index contributed by atoms with van der Waals surface area (Å²) in [6, 6.07) is 7.47. The number of benzene rings is 1. The highest BCUT2D eigenvalue weighted by Gasteiger charge is 2.04. The summed E-state index contributed by atoms with van der Waals surface area (Å²) in [6.45, 7) is 0.433. The van der Waals surface area contributed by atoms with Crippen LogP contribution in [0.15, 0.2) is 24.3 Å². The molecule has 0 saturated heterocycles. The van der Waals surface area contributed by atoms with Crippen LogP contribution in [0.4, 0.5) is 4.39 Å². The number of nitriles is 1. The summed E-state index contributed by atoms with van der Waals surface area (Å²) < 4.78 is 12.7. The van der Waals surface area contributed by atoms with E-state index in [0.717, 1.165) is 0 Å². The van der Waals surface area contributed by atoms with Crippen LogP contribution < -0.4 is 5.32 Å². The molecule has 0 unspecified atom stereocenters. The van der Waals surface area contributed by atoms with Gasteiger partial charge in [0, 0.05) is 18.5 Å². The van der Waals surface area contributed by atoms with Crippen LogP contribution in [-0.2, 0) is 0 Å². The van der Waals surface area contributed by atoms with Crippen molar-refractivity contribution in [2.75, 3.05) is 6.54 Å². The molecule has 0 heterocycles. The maximum Gasteiger partial charge on any atom is 0.251 e. The van der Waals surface area contributed by atoms with Gasteiger partial charge in [-0.3, -0.25) is 4.79 Å². The van der Waals surface area contributed by atoms with E-state index in [1.54, 1.807) is 6.07 Å². The van der Waals surface area contributed by atoms with Crippen molar-refractivity contribution < 1.29 is 9.18 Å². The van der Waals surface area contributed by atoms with Gasteiger partial charge in [0.1, 0.15) is 5.82 Å². The number of hydrogen-bond donors (Lipinski definition) is 1. The summed E-state index contributed by atoms with van der Waals surface area (Å²) >= 11 is 0. The molecule has 0 radical (unpaired) electrons. The zero-order chi connectivity index (χ0) is 11.1. The topological polar surface area (TPSA) is 52.9 Å². The molecule has 78 valence electrons. The fourth-order valence-electron chi connectivity index (χ4n) is 1.10. The third-order valence-electron chi connectivity index (χ3n) is 1.84. The van der Waals surface area contributed by atoms with Crippen molar-refractivity contribution in [1.82, 2.24) is 5.32 Å². The third-order valence-corrected chi connectivity index (χ3v) is 1.84. The number of nitrogens with zero attached hydrogens (tertiary/aromatic N) is 1. The van der Waals surface area contributed by atoms with Crippen molar-refractivity contribution in [3.05, 3.63) is 35.6 Å². The minimum atomic E-state index is -0.431. The van der Waals surface area contributed by atoms with Crippen molar-refractivity contribution in [2.45, 2.75) is 12.8 Å². The smallest absolute Gasteiger partial charge is 0.251 e. The van der Waals surface area contributed by atoms with Crippen molar-refractivity contribution in [3.63, 3.8) is 0 Å². The van der Waals surface area contributed by atoms with Gasteiger partial charge in [-0.1, -0.05) is 6.07 Å². The lowest BCUT2D eigenvalue weighted by molar-refractivity contribution is 0.0953. The maximum absolute atomic E-state index is 12.7. The normalized spacial score (nSPS) is 9.33. The molecule has 0 saturated carbocycles. The number of rotatable bonds is 4. The molecular weight excluding hydrogens is 195 g/mol. The van der Waals surface area contributed by atoms with Gasteiger partial charge in [0.05, 0.1) is 6.07 Å². The molecule has 3 nitrogen and oxygen atoms in total. The Labute approximate surface area is 87.5 Å². The first-order chi connectivity index (χ1) is 7.24. The Morgan fingerprint density at radius 1 is 1.53 bits per heavy atom. The standard InChI is InChI=1S/C11H11FN2O/c12-10-5-3-4-9(8-10)11(15)14-7-2-1-6-13/h3-5,8H,1-2,7H2,(H,14,15). The van der Waals surface area contributed by atoms with E-state index in [1.165, 1.54) is 18.2 Å². The Bertz CT molecular complexity index is 384. The summed E-state index contributed by atoms with van der Waals surface area (Å²) in [5.74, 6) is -0.743. The first kappa shape index (κ1) is 11.2. The minimum Gasteiger partial charge on any atom is -0.352 e. The molecule has 0 fully saturated rings. The first-order valence-electron chi connectivity index (χ1n) is 4.65. The van der Waals surface area contributed by atoms with E-state index in [4.69, 9.17) is 5.26 Å². The number of carbonyl (C=O) groups is 1. The SMILES string of the molecule is N#CCCCNC(=O)c1cccc(F)c1. The number of unbranched alkanes of at least 4 members (excludes halogenated alkanes) is 1. The van der Waals surface area contributed by atoms with Gasteiger partial charge in [-0.05, 0) is 24.6 Å². The molecular formula is C11H11FN2O. The zero-order valence-electron chi connectivity index (χ0n) is 8.16. The number of amides is 1. The van der Waals surface area contributed by atoms with Crippen LogP contribution in [-0.4, -0.2) is 12.5 Å². The summed E-state index contributed by atoms with van der Waals surface area (Å²) in [7, 11) is 0.